The Bertz CT molecular complexity index is 620. The average Bonchev–Trinajstić information content (AvgIpc) is 2.62. The van der Waals surface area contributed by atoms with Gasteiger partial charge in [0.2, 0.25) is 0 Å². The molecule has 6 heteroatoms. The van der Waals surface area contributed by atoms with Crippen molar-refractivity contribution in [3.8, 4) is 0 Å². The largest absolute Gasteiger partial charge is 0.384 e. The van der Waals surface area contributed by atoms with Crippen LogP contribution in [0.15, 0.2) is 4.79 Å². The number of rotatable bonds is 2. The highest BCUT2D eigenvalue weighted by molar-refractivity contribution is 7.09. The topological polar surface area (TPSA) is 65.8 Å². The van der Waals surface area contributed by atoms with Gasteiger partial charge in [-0.05, 0) is 20.8 Å². The van der Waals surface area contributed by atoms with Gasteiger partial charge in [-0.15, -0.1) is 0 Å². The molecule has 0 atom stereocenters. The fourth-order valence-electron chi connectivity index (χ4n) is 1.84. The lowest BCUT2D eigenvalue weighted by Gasteiger charge is -2.05. The molecule has 0 saturated carbocycles. The van der Waals surface area contributed by atoms with Crippen LogP contribution in [0.1, 0.15) is 21.8 Å². The summed E-state index contributed by atoms with van der Waals surface area (Å²) in [6.45, 7) is 6.32. The van der Waals surface area contributed by atoms with Crippen molar-refractivity contribution in [1.29, 1.82) is 0 Å². The second-order valence-corrected chi connectivity index (χ2v) is 5.33. The molecular weight excluding hydrogens is 236 g/mol. The van der Waals surface area contributed by atoms with Crippen molar-refractivity contribution in [1.82, 2.24) is 14.3 Å². The summed E-state index contributed by atoms with van der Waals surface area (Å²) in [7, 11) is 1.81. The third-order valence-corrected chi connectivity index (χ3v) is 4.08. The van der Waals surface area contributed by atoms with Crippen molar-refractivity contribution in [2.45, 2.75) is 27.3 Å². The van der Waals surface area contributed by atoms with Gasteiger partial charge in [0.05, 0.1) is 12.2 Å². The molecule has 0 aliphatic carbocycles. The fraction of sp³-hybridized carbons (Fsp3) is 0.455. The lowest BCUT2D eigenvalue weighted by atomic mass is 10.2. The van der Waals surface area contributed by atoms with Gasteiger partial charge in [0.1, 0.15) is 5.82 Å². The number of anilines is 1. The Morgan fingerprint density at radius 2 is 2.00 bits per heavy atom. The Kier molecular flexibility index (Phi) is 2.82. The summed E-state index contributed by atoms with van der Waals surface area (Å²) in [5.74, 6) is 0.623. The van der Waals surface area contributed by atoms with Crippen molar-refractivity contribution >= 4 is 17.2 Å². The smallest absolute Gasteiger partial charge is 0.307 e. The van der Waals surface area contributed by atoms with Gasteiger partial charge in [-0.3, -0.25) is 14.0 Å². The summed E-state index contributed by atoms with van der Waals surface area (Å²) >= 11 is 1.27. The number of nitrogens with two attached hydrogens (primary N) is 1. The summed E-state index contributed by atoms with van der Waals surface area (Å²) in [5, 5.41) is 4.25. The molecule has 17 heavy (non-hydrogen) atoms. The van der Waals surface area contributed by atoms with E-state index in [1.807, 2.05) is 20.8 Å². The summed E-state index contributed by atoms with van der Waals surface area (Å²) in [6.07, 6.45) is 0. The van der Waals surface area contributed by atoms with E-state index in [4.69, 9.17) is 5.73 Å². The normalized spacial score (nSPS) is 11.1. The molecule has 2 heterocycles. The summed E-state index contributed by atoms with van der Waals surface area (Å²) in [4.78, 5) is 12.9. The molecule has 0 aromatic carbocycles. The van der Waals surface area contributed by atoms with Gasteiger partial charge < -0.3 is 5.73 Å². The molecule has 2 N–H and O–H groups in total. The average molecular weight is 252 g/mol. The molecule has 2 rings (SSSR count). The minimum atomic E-state index is 0.0580. The Morgan fingerprint density at radius 1 is 1.35 bits per heavy atom. The maximum Gasteiger partial charge on any atom is 0.307 e. The molecule has 2 aromatic rings. The van der Waals surface area contributed by atoms with E-state index < -0.39 is 0 Å². The van der Waals surface area contributed by atoms with E-state index in [9.17, 15) is 4.79 Å². The molecule has 0 radical (unpaired) electrons. The molecule has 2 aromatic heterocycles. The van der Waals surface area contributed by atoms with Crippen LogP contribution in [0.2, 0.25) is 0 Å². The molecule has 0 aliphatic heterocycles. The molecule has 0 spiro atoms. The van der Waals surface area contributed by atoms with Crippen molar-refractivity contribution < 1.29 is 0 Å². The Labute approximate surface area is 103 Å². The second kappa shape index (κ2) is 4.03. The minimum Gasteiger partial charge on any atom is -0.384 e. The monoisotopic (exact) mass is 252 g/mol. The molecule has 5 nitrogen and oxygen atoms in total. The lowest BCUT2D eigenvalue weighted by Crippen LogP contribution is -2.16. The third-order valence-electron chi connectivity index (χ3n) is 3.09. The van der Waals surface area contributed by atoms with Crippen LogP contribution in [-0.4, -0.2) is 14.3 Å². The van der Waals surface area contributed by atoms with Gasteiger partial charge in [-0.25, -0.2) is 0 Å². The molecule has 0 amide bonds. The highest BCUT2D eigenvalue weighted by Gasteiger charge is 2.14. The van der Waals surface area contributed by atoms with Crippen molar-refractivity contribution in [3.05, 3.63) is 31.5 Å². The van der Waals surface area contributed by atoms with E-state index >= 15 is 0 Å². The van der Waals surface area contributed by atoms with Crippen LogP contribution in [0.3, 0.4) is 0 Å². The molecule has 0 unspecified atom stereocenters. The maximum atomic E-state index is 11.8. The molecule has 0 aliphatic rings. The molecule has 0 saturated heterocycles. The Morgan fingerprint density at radius 3 is 2.41 bits per heavy atom. The van der Waals surface area contributed by atoms with Crippen molar-refractivity contribution in [2.24, 2.45) is 7.05 Å². The van der Waals surface area contributed by atoms with Crippen LogP contribution < -0.4 is 10.6 Å². The molecule has 92 valence electrons. The molecular formula is C11H16N4OS. The van der Waals surface area contributed by atoms with Gasteiger partial charge >= 0.3 is 4.87 Å². The number of nitrogens with zero attached hydrogens (tertiary/aromatic N) is 3. The quantitative estimate of drug-likeness (QED) is 0.873. The van der Waals surface area contributed by atoms with Gasteiger partial charge in [-0.1, -0.05) is 11.3 Å². The summed E-state index contributed by atoms with van der Waals surface area (Å²) in [6, 6.07) is 0. The maximum absolute atomic E-state index is 11.8. The first-order valence-corrected chi connectivity index (χ1v) is 6.18. The van der Waals surface area contributed by atoms with Crippen LogP contribution >= 0.6 is 11.3 Å². The summed E-state index contributed by atoms with van der Waals surface area (Å²) in [5.41, 5.74) is 8.75. The number of thiazole rings is 1. The highest BCUT2D eigenvalue weighted by atomic mass is 32.1. The number of hydrogen-bond donors (Lipinski definition) is 1. The van der Waals surface area contributed by atoms with E-state index in [1.54, 1.807) is 16.3 Å². The first-order chi connectivity index (χ1) is 7.91. The SMILES string of the molecule is Cc1nn(C)c(N)c1Cn1c(C)c(C)sc1=O. The van der Waals surface area contributed by atoms with E-state index in [2.05, 4.69) is 5.10 Å². The zero-order valence-electron chi connectivity index (χ0n) is 10.4. The first kappa shape index (κ1) is 11.9. The summed E-state index contributed by atoms with van der Waals surface area (Å²) < 4.78 is 3.39. The lowest BCUT2D eigenvalue weighted by molar-refractivity contribution is 0.749. The minimum absolute atomic E-state index is 0.0580. The van der Waals surface area contributed by atoms with Crippen molar-refractivity contribution in [3.63, 3.8) is 0 Å². The van der Waals surface area contributed by atoms with Gasteiger partial charge in [0.25, 0.3) is 0 Å². The van der Waals surface area contributed by atoms with Crippen molar-refractivity contribution in [2.75, 3.05) is 5.73 Å². The van der Waals surface area contributed by atoms with E-state index in [-0.39, 0.29) is 4.87 Å². The zero-order valence-corrected chi connectivity index (χ0v) is 11.3. The molecule has 0 fully saturated rings. The molecule has 0 bridgehead atoms. The van der Waals surface area contributed by atoms with E-state index in [1.165, 1.54) is 11.3 Å². The fourth-order valence-corrected chi connectivity index (χ4v) is 2.67. The predicted octanol–water partition coefficient (Wildman–Crippen LogP) is 1.20. The van der Waals surface area contributed by atoms with Crippen LogP contribution in [-0.2, 0) is 13.6 Å². The number of hydrogen-bond acceptors (Lipinski definition) is 4. The predicted molar refractivity (Wildman–Crippen MR) is 69.5 cm³/mol. The second-order valence-electron chi connectivity index (χ2n) is 4.17. The van der Waals surface area contributed by atoms with Crippen LogP contribution in [0.5, 0.6) is 0 Å². The van der Waals surface area contributed by atoms with Crippen LogP contribution in [0.25, 0.3) is 0 Å². The van der Waals surface area contributed by atoms with Crippen LogP contribution in [0.4, 0.5) is 5.82 Å². The van der Waals surface area contributed by atoms with E-state index in [0.29, 0.717) is 12.4 Å². The van der Waals surface area contributed by atoms with Gasteiger partial charge in [0, 0.05) is 23.2 Å². The Hall–Kier alpha value is -1.56. The van der Waals surface area contributed by atoms with Gasteiger partial charge in [-0.2, -0.15) is 5.10 Å². The number of aromatic nitrogens is 3. The van der Waals surface area contributed by atoms with Crippen LogP contribution in [0, 0.1) is 20.8 Å². The highest BCUT2D eigenvalue weighted by Crippen LogP contribution is 2.18. The van der Waals surface area contributed by atoms with Gasteiger partial charge in [0.15, 0.2) is 0 Å². The standard InChI is InChI=1S/C11H16N4OS/c1-6-9(10(12)14(4)13-6)5-15-7(2)8(3)17-11(15)16/h5,12H2,1-4H3. The third kappa shape index (κ3) is 1.88. The Balaban J connectivity index is 2.48. The van der Waals surface area contributed by atoms with E-state index in [0.717, 1.165) is 21.8 Å². The zero-order chi connectivity index (χ0) is 12.7. The number of nitrogen functional groups attached to an aromatic ring is 1. The first-order valence-electron chi connectivity index (χ1n) is 5.36. The number of aryl methyl sites for hydroxylation is 3.